The van der Waals surface area contributed by atoms with Gasteiger partial charge >= 0.3 is 0 Å². The van der Waals surface area contributed by atoms with Crippen molar-refractivity contribution in [1.29, 1.82) is 0 Å². The smallest absolute Gasteiger partial charge is 0.190 e. The van der Waals surface area contributed by atoms with Gasteiger partial charge in [-0.15, -0.1) is 0 Å². The molecule has 0 aliphatic rings. The average Bonchev–Trinajstić information content (AvgIpc) is 2.84. The molecule has 2 aromatic rings. The lowest BCUT2D eigenvalue weighted by Crippen LogP contribution is -2.17. The quantitative estimate of drug-likeness (QED) is 0.846. The summed E-state index contributed by atoms with van der Waals surface area (Å²) in [5, 5.41) is 4.56. The normalized spacial score (nSPS) is 12.4. The maximum atomic E-state index is 4.81. The van der Waals surface area contributed by atoms with E-state index in [0.29, 0.717) is 6.04 Å². The molecule has 0 amide bonds. The zero-order valence-corrected chi connectivity index (χ0v) is 14.4. The van der Waals surface area contributed by atoms with Crippen molar-refractivity contribution in [2.75, 3.05) is 18.0 Å². The highest BCUT2D eigenvalue weighted by Gasteiger charge is 2.18. The fourth-order valence-electron chi connectivity index (χ4n) is 2.58. The number of aromatic nitrogens is 1. The van der Waals surface area contributed by atoms with Crippen LogP contribution in [0.5, 0.6) is 0 Å². The maximum Gasteiger partial charge on any atom is 0.190 e. The van der Waals surface area contributed by atoms with Crippen LogP contribution >= 0.6 is 11.3 Å². The molecule has 0 radical (unpaired) electrons. The summed E-state index contributed by atoms with van der Waals surface area (Å²) in [7, 11) is 0. The van der Waals surface area contributed by atoms with Gasteiger partial charge in [0.2, 0.25) is 0 Å². The number of benzene rings is 1. The van der Waals surface area contributed by atoms with Gasteiger partial charge in [0.25, 0.3) is 0 Å². The van der Waals surface area contributed by atoms with Crippen LogP contribution in [-0.4, -0.2) is 18.1 Å². The first-order chi connectivity index (χ1) is 10.1. The fraction of sp³-hybridized carbons (Fsp3) is 0.471. The zero-order valence-electron chi connectivity index (χ0n) is 13.6. The molecule has 1 heterocycles. The van der Waals surface area contributed by atoms with E-state index in [-0.39, 0.29) is 0 Å². The van der Waals surface area contributed by atoms with E-state index in [2.05, 4.69) is 69.1 Å². The lowest BCUT2D eigenvalue weighted by Gasteiger charge is -2.22. The molecule has 0 aliphatic carbocycles. The Morgan fingerprint density at radius 3 is 2.57 bits per heavy atom. The second-order valence-corrected chi connectivity index (χ2v) is 6.27. The second-order valence-electron chi connectivity index (χ2n) is 5.26. The maximum absolute atomic E-state index is 4.81. The number of nitrogens with zero attached hydrogens (tertiary/aromatic N) is 2. The number of rotatable bonds is 6. The van der Waals surface area contributed by atoms with Gasteiger partial charge in [-0.05, 0) is 45.9 Å². The van der Waals surface area contributed by atoms with E-state index < -0.39 is 0 Å². The molecular weight excluding hydrogens is 278 g/mol. The molecule has 0 bridgehead atoms. The van der Waals surface area contributed by atoms with Gasteiger partial charge in [0, 0.05) is 23.2 Å². The fourth-order valence-corrected chi connectivity index (χ4v) is 3.75. The van der Waals surface area contributed by atoms with Crippen molar-refractivity contribution < 1.29 is 0 Å². The lowest BCUT2D eigenvalue weighted by atomic mass is 10.2. The van der Waals surface area contributed by atoms with Crippen molar-refractivity contribution in [3.05, 3.63) is 40.4 Å². The van der Waals surface area contributed by atoms with Crippen LogP contribution in [0.4, 0.5) is 10.8 Å². The van der Waals surface area contributed by atoms with E-state index in [9.17, 15) is 0 Å². The summed E-state index contributed by atoms with van der Waals surface area (Å²) in [6.07, 6.45) is 0. The number of para-hydroxylation sites is 1. The van der Waals surface area contributed by atoms with Gasteiger partial charge in [-0.3, -0.25) is 0 Å². The van der Waals surface area contributed by atoms with Crippen molar-refractivity contribution in [2.24, 2.45) is 0 Å². The van der Waals surface area contributed by atoms with Crippen LogP contribution in [-0.2, 0) is 0 Å². The molecule has 21 heavy (non-hydrogen) atoms. The molecule has 0 spiro atoms. The number of thiazole rings is 1. The highest BCUT2D eigenvalue weighted by molar-refractivity contribution is 7.15. The van der Waals surface area contributed by atoms with Crippen molar-refractivity contribution in [3.63, 3.8) is 0 Å². The van der Waals surface area contributed by atoms with Gasteiger partial charge in [-0.25, -0.2) is 4.98 Å². The van der Waals surface area contributed by atoms with Gasteiger partial charge in [0.1, 0.15) is 0 Å². The van der Waals surface area contributed by atoms with Crippen LogP contribution in [0.25, 0.3) is 0 Å². The first-order valence-electron chi connectivity index (χ1n) is 7.62. The van der Waals surface area contributed by atoms with Crippen molar-refractivity contribution >= 4 is 22.2 Å². The van der Waals surface area contributed by atoms with E-state index in [0.717, 1.165) is 23.9 Å². The van der Waals surface area contributed by atoms with Gasteiger partial charge in [0.15, 0.2) is 5.13 Å². The minimum Gasteiger partial charge on any atom is -0.318 e. The Hall–Kier alpha value is -1.39. The summed E-state index contributed by atoms with van der Waals surface area (Å²) in [5.74, 6) is 0. The molecule has 1 N–H and O–H groups in total. The van der Waals surface area contributed by atoms with Crippen LogP contribution in [0.2, 0.25) is 0 Å². The Morgan fingerprint density at radius 1 is 1.24 bits per heavy atom. The number of anilines is 2. The third-order valence-corrected chi connectivity index (χ3v) is 5.04. The molecule has 114 valence electrons. The molecule has 1 aromatic heterocycles. The van der Waals surface area contributed by atoms with E-state index in [1.54, 1.807) is 11.3 Å². The van der Waals surface area contributed by atoms with Crippen LogP contribution in [0, 0.1) is 13.8 Å². The molecule has 0 saturated carbocycles. The summed E-state index contributed by atoms with van der Waals surface area (Å²) in [5.41, 5.74) is 3.67. The van der Waals surface area contributed by atoms with E-state index in [1.807, 2.05) is 0 Å². The number of nitrogens with one attached hydrogen (secondary N) is 1. The van der Waals surface area contributed by atoms with Crippen LogP contribution in [0.1, 0.15) is 42.9 Å². The highest BCUT2D eigenvalue weighted by atomic mass is 32.1. The first-order valence-corrected chi connectivity index (χ1v) is 8.44. The Bertz CT molecular complexity index is 591. The van der Waals surface area contributed by atoms with Crippen molar-refractivity contribution in [3.8, 4) is 0 Å². The second kappa shape index (κ2) is 7.05. The van der Waals surface area contributed by atoms with Crippen LogP contribution in [0.15, 0.2) is 24.3 Å². The summed E-state index contributed by atoms with van der Waals surface area (Å²) >= 11 is 1.80. The Kier molecular flexibility index (Phi) is 5.37. The molecule has 0 aliphatic heterocycles. The third kappa shape index (κ3) is 3.44. The van der Waals surface area contributed by atoms with Gasteiger partial charge in [-0.2, -0.15) is 0 Å². The van der Waals surface area contributed by atoms with E-state index >= 15 is 0 Å². The summed E-state index contributed by atoms with van der Waals surface area (Å²) in [4.78, 5) is 8.44. The summed E-state index contributed by atoms with van der Waals surface area (Å²) in [6.45, 7) is 12.7. The Balaban J connectivity index is 2.36. The van der Waals surface area contributed by atoms with Crippen LogP contribution in [0.3, 0.4) is 0 Å². The molecule has 4 heteroatoms. The SMILES string of the molecule is CCNC(C)c1sc(N(CC)c2ccccc2C)nc1C. The third-order valence-electron chi connectivity index (χ3n) is 3.68. The topological polar surface area (TPSA) is 28.2 Å². The standard InChI is InChI=1S/C17H25N3S/c1-6-18-13(4)16-14(5)19-17(21-16)20(7-2)15-11-9-8-10-12(15)3/h8-11,13,18H,6-7H2,1-5H3. The molecular formula is C17H25N3S. The molecule has 1 aromatic carbocycles. The molecule has 0 fully saturated rings. The number of hydrogen-bond donors (Lipinski definition) is 1. The lowest BCUT2D eigenvalue weighted by molar-refractivity contribution is 0.603. The van der Waals surface area contributed by atoms with E-state index in [1.165, 1.54) is 16.1 Å². The average molecular weight is 303 g/mol. The Labute approximate surface area is 132 Å². The number of aryl methyl sites for hydroxylation is 2. The molecule has 3 nitrogen and oxygen atoms in total. The zero-order chi connectivity index (χ0) is 15.4. The molecule has 0 saturated heterocycles. The van der Waals surface area contributed by atoms with Gasteiger partial charge < -0.3 is 10.2 Å². The van der Waals surface area contributed by atoms with Gasteiger partial charge in [-0.1, -0.05) is 36.5 Å². The predicted octanol–water partition coefficient (Wildman–Crippen LogP) is 4.59. The van der Waals surface area contributed by atoms with Crippen molar-refractivity contribution in [1.82, 2.24) is 10.3 Å². The molecule has 1 unspecified atom stereocenters. The largest absolute Gasteiger partial charge is 0.318 e. The minimum atomic E-state index is 0.358. The van der Waals surface area contributed by atoms with Crippen LogP contribution < -0.4 is 10.2 Å². The Morgan fingerprint density at radius 2 is 1.95 bits per heavy atom. The van der Waals surface area contributed by atoms with Crippen molar-refractivity contribution in [2.45, 2.75) is 40.7 Å². The highest BCUT2D eigenvalue weighted by Crippen LogP contribution is 2.35. The monoisotopic (exact) mass is 303 g/mol. The summed E-state index contributed by atoms with van der Waals surface area (Å²) < 4.78 is 0. The number of hydrogen-bond acceptors (Lipinski definition) is 4. The molecule has 2 rings (SSSR count). The molecule has 1 atom stereocenters. The first kappa shape index (κ1) is 16.0. The predicted molar refractivity (Wildman–Crippen MR) is 92.8 cm³/mol. The van der Waals surface area contributed by atoms with Gasteiger partial charge in [0.05, 0.1) is 5.69 Å². The minimum absolute atomic E-state index is 0.358. The summed E-state index contributed by atoms with van der Waals surface area (Å²) in [6, 6.07) is 8.85. The van der Waals surface area contributed by atoms with E-state index in [4.69, 9.17) is 4.98 Å².